The third kappa shape index (κ3) is 2.28. The first-order chi connectivity index (χ1) is 12.9. The molecule has 0 saturated heterocycles. The largest absolute Gasteiger partial charge is 0.458 e. The van der Waals surface area contributed by atoms with Crippen molar-refractivity contribution in [1.82, 2.24) is 4.57 Å². The van der Waals surface area contributed by atoms with E-state index in [2.05, 4.69) is 27.3 Å². The molecule has 3 aliphatic heterocycles. The summed E-state index contributed by atoms with van der Waals surface area (Å²) >= 11 is 3.52. The van der Waals surface area contributed by atoms with Gasteiger partial charge in [-0.15, -0.1) is 0 Å². The number of halogens is 1. The molecule has 6 nitrogen and oxygen atoms in total. The van der Waals surface area contributed by atoms with Gasteiger partial charge in [0.05, 0.1) is 11.6 Å². The van der Waals surface area contributed by atoms with Crippen LogP contribution in [-0.2, 0) is 34.7 Å². The molecular formula is C20H19BrN2O4. The summed E-state index contributed by atoms with van der Waals surface area (Å²) in [6.07, 6.45) is 1.03. The highest BCUT2D eigenvalue weighted by Crippen LogP contribution is 2.44. The van der Waals surface area contributed by atoms with Crippen molar-refractivity contribution in [2.75, 3.05) is 5.32 Å². The van der Waals surface area contributed by atoms with E-state index in [0.717, 1.165) is 22.3 Å². The fraction of sp³-hybridized carbons (Fsp3) is 0.400. The third-order valence-corrected chi connectivity index (χ3v) is 6.64. The lowest BCUT2D eigenvalue weighted by molar-refractivity contribution is -0.172. The summed E-state index contributed by atoms with van der Waals surface area (Å²) < 4.78 is 7.92. The lowest BCUT2D eigenvalue weighted by atomic mass is 9.84. The Morgan fingerprint density at radius 1 is 1.37 bits per heavy atom. The average Bonchev–Trinajstić information content (AvgIpc) is 3.01. The van der Waals surface area contributed by atoms with Crippen LogP contribution in [-0.4, -0.2) is 15.6 Å². The van der Waals surface area contributed by atoms with Crippen molar-refractivity contribution in [3.05, 3.63) is 61.5 Å². The molecule has 7 heteroatoms. The van der Waals surface area contributed by atoms with Crippen molar-refractivity contribution >= 4 is 27.6 Å². The van der Waals surface area contributed by atoms with Crippen LogP contribution in [0.25, 0.3) is 0 Å². The van der Waals surface area contributed by atoms with E-state index < -0.39 is 11.6 Å². The van der Waals surface area contributed by atoms with Gasteiger partial charge in [-0.25, -0.2) is 4.79 Å². The van der Waals surface area contributed by atoms with Crippen LogP contribution in [0.3, 0.4) is 0 Å². The lowest BCUT2D eigenvalue weighted by Crippen LogP contribution is -2.44. The number of hydrogen-bond acceptors (Lipinski definition) is 5. The van der Waals surface area contributed by atoms with E-state index in [0.29, 0.717) is 17.7 Å². The van der Waals surface area contributed by atoms with Crippen molar-refractivity contribution in [3.63, 3.8) is 0 Å². The fourth-order valence-electron chi connectivity index (χ4n) is 4.64. The van der Waals surface area contributed by atoms with Gasteiger partial charge in [0.2, 0.25) is 0 Å². The van der Waals surface area contributed by atoms with Crippen LogP contribution in [0.1, 0.15) is 41.8 Å². The molecule has 5 rings (SSSR count). The third-order valence-electron chi connectivity index (χ3n) is 6.14. The molecule has 2 N–H and O–H groups in total. The van der Waals surface area contributed by atoms with Crippen LogP contribution in [0.15, 0.2) is 33.5 Å². The number of esters is 1. The topological polar surface area (TPSA) is 80.6 Å². The zero-order valence-corrected chi connectivity index (χ0v) is 16.4. The number of cyclic esters (lactones) is 1. The summed E-state index contributed by atoms with van der Waals surface area (Å²) in [7, 11) is 0. The molecule has 0 radical (unpaired) electrons. The maximum Gasteiger partial charge on any atom is 0.343 e. The summed E-state index contributed by atoms with van der Waals surface area (Å²) in [5, 5.41) is 14.4. The smallest absolute Gasteiger partial charge is 0.343 e. The Hall–Kier alpha value is -2.12. The Bertz CT molecular complexity index is 1050. The fourth-order valence-corrected chi connectivity index (χ4v) is 5.05. The van der Waals surface area contributed by atoms with E-state index >= 15 is 0 Å². The SMILES string of the molecule is CC[C@@]1(O)C(=O)OCc2c1cc1n(c2=O)CC2Cc3cc(Br)ccc3NC12. The Labute approximate surface area is 164 Å². The van der Waals surface area contributed by atoms with E-state index in [-0.39, 0.29) is 30.5 Å². The first-order valence-corrected chi connectivity index (χ1v) is 9.93. The monoisotopic (exact) mass is 430 g/mol. The zero-order chi connectivity index (χ0) is 18.9. The maximum atomic E-state index is 13.1. The van der Waals surface area contributed by atoms with Gasteiger partial charge in [0.1, 0.15) is 6.61 Å². The highest BCUT2D eigenvalue weighted by Gasteiger charge is 2.47. The van der Waals surface area contributed by atoms with Crippen molar-refractivity contribution in [3.8, 4) is 0 Å². The Morgan fingerprint density at radius 2 is 2.19 bits per heavy atom. The average molecular weight is 431 g/mol. The molecule has 3 atom stereocenters. The highest BCUT2D eigenvalue weighted by atomic mass is 79.9. The number of benzene rings is 1. The number of hydrogen-bond donors (Lipinski definition) is 2. The summed E-state index contributed by atoms with van der Waals surface area (Å²) in [5.41, 5.74) is 1.99. The Kier molecular flexibility index (Phi) is 3.58. The van der Waals surface area contributed by atoms with Crippen LogP contribution >= 0.6 is 15.9 Å². The van der Waals surface area contributed by atoms with Crippen molar-refractivity contribution < 1.29 is 14.6 Å². The molecule has 4 heterocycles. The molecule has 0 aliphatic carbocycles. The molecule has 0 amide bonds. The summed E-state index contributed by atoms with van der Waals surface area (Å²) in [4.78, 5) is 25.3. The first kappa shape index (κ1) is 17.0. The van der Waals surface area contributed by atoms with Gasteiger partial charge in [-0.05, 0) is 42.7 Å². The number of aliphatic hydroxyl groups is 1. The number of nitrogens with zero attached hydrogens (tertiary/aromatic N) is 1. The standard InChI is InChI=1S/C20H19BrN2O4/c1-2-20(26)14-7-16-17-11(5-10-6-12(21)3-4-15(10)22-17)8-23(16)18(24)13(14)9-27-19(20)25/h3-4,6-7,11,17,22,26H,2,5,8-9H2,1H3/t11?,17?,20-/m0/s1. The number of anilines is 1. The molecule has 0 fully saturated rings. The Morgan fingerprint density at radius 3 is 2.96 bits per heavy atom. The number of ether oxygens (including phenoxy) is 1. The molecule has 140 valence electrons. The quantitative estimate of drug-likeness (QED) is 0.679. The van der Waals surface area contributed by atoms with Crippen LogP contribution in [0.2, 0.25) is 0 Å². The second kappa shape index (κ2) is 5.69. The Balaban J connectivity index is 1.65. The van der Waals surface area contributed by atoms with Crippen LogP contribution in [0.4, 0.5) is 5.69 Å². The van der Waals surface area contributed by atoms with Crippen molar-refractivity contribution in [2.24, 2.45) is 5.92 Å². The lowest BCUT2D eigenvalue weighted by Gasteiger charge is -2.33. The molecule has 0 spiro atoms. The predicted octanol–water partition coefficient (Wildman–Crippen LogP) is 2.60. The van der Waals surface area contributed by atoms with E-state index in [9.17, 15) is 14.7 Å². The molecule has 2 aromatic rings. The number of carbonyl (C=O) groups is 1. The molecule has 0 saturated carbocycles. The molecule has 1 aromatic carbocycles. The predicted molar refractivity (Wildman–Crippen MR) is 102 cm³/mol. The van der Waals surface area contributed by atoms with Gasteiger partial charge in [-0.3, -0.25) is 4.79 Å². The second-order valence-corrected chi connectivity index (χ2v) is 8.47. The minimum atomic E-state index is -1.75. The van der Waals surface area contributed by atoms with Gasteiger partial charge in [-0.2, -0.15) is 0 Å². The maximum absolute atomic E-state index is 13.1. The number of carbonyl (C=O) groups excluding carboxylic acids is 1. The number of rotatable bonds is 1. The van der Waals surface area contributed by atoms with E-state index in [1.807, 2.05) is 18.2 Å². The van der Waals surface area contributed by atoms with Gasteiger partial charge < -0.3 is 19.7 Å². The van der Waals surface area contributed by atoms with Gasteiger partial charge in [0, 0.05) is 33.9 Å². The zero-order valence-electron chi connectivity index (χ0n) is 14.8. The minimum Gasteiger partial charge on any atom is -0.458 e. The molecule has 1 aromatic heterocycles. The molecule has 2 unspecified atom stereocenters. The van der Waals surface area contributed by atoms with Crippen molar-refractivity contribution in [1.29, 1.82) is 0 Å². The van der Waals surface area contributed by atoms with Crippen LogP contribution in [0, 0.1) is 5.92 Å². The number of pyridine rings is 1. The number of aromatic nitrogens is 1. The van der Waals surface area contributed by atoms with E-state index in [4.69, 9.17) is 4.74 Å². The van der Waals surface area contributed by atoms with Gasteiger partial charge in [-0.1, -0.05) is 22.9 Å². The second-order valence-electron chi connectivity index (χ2n) is 7.55. The summed E-state index contributed by atoms with van der Waals surface area (Å²) in [6, 6.07) is 7.96. The minimum absolute atomic E-state index is 0.0178. The van der Waals surface area contributed by atoms with Crippen LogP contribution < -0.4 is 10.9 Å². The number of nitrogens with one attached hydrogen (secondary N) is 1. The molecule has 3 aliphatic rings. The molecule has 0 bridgehead atoms. The molecule has 27 heavy (non-hydrogen) atoms. The van der Waals surface area contributed by atoms with Gasteiger partial charge in [0.25, 0.3) is 5.56 Å². The molecular weight excluding hydrogens is 412 g/mol. The van der Waals surface area contributed by atoms with Gasteiger partial charge >= 0.3 is 5.97 Å². The van der Waals surface area contributed by atoms with Crippen molar-refractivity contribution in [2.45, 2.75) is 44.6 Å². The normalized spacial score (nSPS) is 27.7. The summed E-state index contributed by atoms with van der Waals surface area (Å²) in [6.45, 7) is 2.26. The first-order valence-electron chi connectivity index (χ1n) is 9.14. The van der Waals surface area contributed by atoms with E-state index in [1.54, 1.807) is 11.5 Å². The highest BCUT2D eigenvalue weighted by molar-refractivity contribution is 9.10. The van der Waals surface area contributed by atoms with Crippen LogP contribution in [0.5, 0.6) is 0 Å². The van der Waals surface area contributed by atoms with Gasteiger partial charge in [0.15, 0.2) is 5.60 Å². The van der Waals surface area contributed by atoms with E-state index in [1.165, 1.54) is 5.56 Å². The summed E-state index contributed by atoms with van der Waals surface area (Å²) in [5.74, 6) is -0.433. The number of fused-ring (bicyclic) bond motifs is 5.